The number of anilines is 1. The summed E-state index contributed by atoms with van der Waals surface area (Å²) in [4.78, 5) is 54.1. The molecule has 0 radical (unpaired) electrons. The smallest absolute Gasteiger partial charge is 0.328 e. The van der Waals surface area contributed by atoms with Crippen molar-refractivity contribution in [3.63, 3.8) is 0 Å². The number of pyridine rings is 1. The molecular weight excluding hydrogens is 430 g/mol. The highest BCUT2D eigenvalue weighted by molar-refractivity contribution is 6.28. The highest BCUT2D eigenvalue weighted by atomic mass is 16.5. The maximum Gasteiger partial charge on any atom is 0.328 e. The zero-order valence-electron chi connectivity index (χ0n) is 17.0. The maximum absolute atomic E-state index is 12.5. The third-order valence-electron chi connectivity index (χ3n) is 5.31. The van der Waals surface area contributed by atoms with Gasteiger partial charge in [-0.15, -0.1) is 0 Å². The van der Waals surface area contributed by atoms with Crippen molar-refractivity contribution < 1.29 is 23.9 Å². The Morgan fingerprint density at radius 1 is 1.00 bits per heavy atom. The molecule has 3 N–H and O–H groups in total. The van der Waals surface area contributed by atoms with E-state index in [1.54, 1.807) is 23.0 Å². The summed E-state index contributed by atoms with van der Waals surface area (Å²) in [6.07, 6.45) is 4.90. The Kier molecular flexibility index (Phi) is 4.74. The number of carbonyl (C=O) groups is 4. The number of carbonyl (C=O) groups excluding carboxylic acids is 4. The number of imide groups is 2. The third kappa shape index (κ3) is 3.52. The van der Waals surface area contributed by atoms with E-state index in [4.69, 9.17) is 4.74 Å². The van der Waals surface area contributed by atoms with Crippen molar-refractivity contribution in [3.8, 4) is 11.6 Å². The van der Waals surface area contributed by atoms with E-state index >= 15 is 0 Å². The number of hydrogen-bond donors (Lipinski definition) is 3. The largest absolute Gasteiger partial charge is 0.439 e. The van der Waals surface area contributed by atoms with Crippen LogP contribution in [0.5, 0.6) is 11.6 Å². The number of nitrogens with zero attached hydrogens (tertiary/aromatic N) is 4. The number of hydrogen-bond acceptors (Lipinski definition) is 7. The molecule has 2 saturated heterocycles. The Morgan fingerprint density at radius 3 is 2.39 bits per heavy atom. The molecule has 2 aliphatic rings. The zero-order valence-corrected chi connectivity index (χ0v) is 17.0. The fourth-order valence-corrected chi connectivity index (χ4v) is 3.71. The maximum atomic E-state index is 12.5. The molecule has 33 heavy (non-hydrogen) atoms. The van der Waals surface area contributed by atoms with E-state index in [0.717, 1.165) is 10.5 Å². The van der Waals surface area contributed by atoms with E-state index in [1.807, 2.05) is 35.0 Å². The molecule has 0 saturated carbocycles. The predicted octanol–water partition coefficient (Wildman–Crippen LogP) is 0.753. The van der Waals surface area contributed by atoms with Crippen LogP contribution in [-0.4, -0.2) is 50.7 Å². The van der Waals surface area contributed by atoms with Gasteiger partial charge in [-0.3, -0.25) is 29.8 Å². The lowest BCUT2D eigenvalue weighted by atomic mass is 9.94. The number of nitrogens with one attached hydrogen (secondary N) is 3. The zero-order chi connectivity index (χ0) is 23.0. The molecular formula is C21H17N7O5. The van der Waals surface area contributed by atoms with E-state index in [9.17, 15) is 19.2 Å². The first-order valence-corrected chi connectivity index (χ1v) is 9.91. The normalized spacial score (nSPS) is 17.0. The second-order valence-corrected chi connectivity index (χ2v) is 7.40. The molecule has 0 aliphatic carbocycles. The average Bonchev–Trinajstić information content (AvgIpc) is 3.43. The third-order valence-corrected chi connectivity index (χ3v) is 5.31. The van der Waals surface area contributed by atoms with Crippen molar-refractivity contribution in [2.45, 2.75) is 12.1 Å². The molecule has 2 fully saturated rings. The van der Waals surface area contributed by atoms with Gasteiger partial charge in [0, 0.05) is 18.5 Å². The molecule has 2 aliphatic heterocycles. The van der Waals surface area contributed by atoms with Gasteiger partial charge in [0.15, 0.2) is 0 Å². The Labute approximate surface area is 186 Å². The molecule has 12 nitrogen and oxygen atoms in total. The number of benzene rings is 1. The number of ether oxygens (including phenoxy) is 1. The van der Waals surface area contributed by atoms with E-state index in [2.05, 4.69) is 15.4 Å². The Bertz CT molecular complexity index is 1220. The molecule has 0 bridgehead atoms. The van der Waals surface area contributed by atoms with Crippen molar-refractivity contribution in [1.82, 2.24) is 30.7 Å². The van der Waals surface area contributed by atoms with Crippen LogP contribution in [0.2, 0.25) is 0 Å². The van der Waals surface area contributed by atoms with E-state index in [-0.39, 0.29) is 18.1 Å². The molecule has 0 unspecified atom stereocenters. The molecule has 4 heterocycles. The fraction of sp³-hybridized carbons (Fsp3) is 0.143. The summed E-state index contributed by atoms with van der Waals surface area (Å²) in [5.74, 6) is -0.991. The van der Waals surface area contributed by atoms with Crippen molar-refractivity contribution in [2.75, 3.05) is 11.4 Å². The van der Waals surface area contributed by atoms with Crippen LogP contribution in [0, 0.1) is 0 Å². The Morgan fingerprint density at radius 2 is 1.76 bits per heavy atom. The first kappa shape index (κ1) is 20.2. The van der Waals surface area contributed by atoms with Crippen LogP contribution >= 0.6 is 0 Å². The van der Waals surface area contributed by atoms with Crippen LogP contribution in [0.4, 0.5) is 15.3 Å². The van der Waals surface area contributed by atoms with Gasteiger partial charge in [-0.2, -0.15) is 5.10 Å². The van der Waals surface area contributed by atoms with Crippen LogP contribution in [0.15, 0.2) is 61.1 Å². The minimum absolute atomic E-state index is 0.187. The van der Waals surface area contributed by atoms with Gasteiger partial charge in [0.25, 0.3) is 11.8 Å². The molecule has 5 rings (SSSR count). The first-order chi connectivity index (χ1) is 16.0. The lowest BCUT2D eigenvalue weighted by molar-refractivity contribution is -0.136. The average molecular weight is 447 g/mol. The van der Waals surface area contributed by atoms with Crippen molar-refractivity contribution in [2.24, 2.45) is 0 Å². The molecule has 6 amide bonds. The summed E-state index contributed by atoms with van der Waals surface area (Å²) in [6.45, 7) is 0.340. The molecule has 3 aromatic rings. The number of amides is 6. The van der Waals surface area contributed by atoms with Gasteiger partial charge in [0.2, 0.25) is 11.4 Å². The fourth-order valence-electron chi connectivity index (χ4n) is 3.71. The van der Waals surface area contributed by atoms with Gasteiger partial charge in [-0.1, -0.05) is 12.1 Å². The molecule has 166 valence electrons. The topological polar surface area (TPSA) is 148 Å². The Hall–Kier alpha value is -4.74. The van der Waals surface area contributed by atoms with Crippen LogP contribution in [-0.2, 0) is 16.1 Å². The van der Waals surface area contributed by atoms with Crippen molar-refractivity contribution in [1.29, 1.82) is 0 Å². The highest BCUT2D eigenvalue weighted by Gasteiger charge is 2.60. The van der Waals surface area contributed by atoms with Crippen LogP contribution in [0.1, 0.15) is 5.56 Å². The van der Waals surface area contributed by atoms with Gasteiger partial charge in [0.05, 0.1) is 25.0 Å². The lowest BCUT2D eigenvalue weighted by Gasteiger charge is -2.35. The standard InChI is InChI=1S/C21H17N7O5/c29-17-21(18(30)26-19(31)25-17)12-23-20(32)28(21)14-4-7-16(22-10-14)33-15-5-2-13(3-6-15)11-27-9-1-8-24-27/h1-10H,11-12H2,(H,23,32)(H2,25,26,29,30,31). The van der Waals surface area contributed by atoms with Crippen LogP contribution < -0.4 is 25.6 Å². The van der Waals surface area contributed by atoms with Gasteiger partial charge in [-0.25, -0.2) is 14.6 Å². The number of barbiturate groups is 1. The van der Waals surface area contributed by atoms with Crippen LogP contribution in [0.3, 0.4) is 0 Å². The molecule has 1 spiro atoms. The summed E-state index contributed by atoms with van der Waals surface area (Å²) < 4.78 is 7.56. The molecule has 0 atom stereocenters. The number of rotatable bonds is 5. The van der Waals surface area contributed by atoms with Crippen molar-refractivity contribution in [3.05, 3.63) is 66.6 Å². The summed E-state index contributed by atoms with van der Waals surface area (Å²) >= 11 is 0. The number of urea groups is 2. The molecule has 1 aromatic carbocycles. The number of aromatic nitrogens is 3. The molecule has 12 heteroatoms. The summed E-state index contributed by atoms with van der Waals surface area (Å²) in [5.41, 5.74) is -0.701. The monoisotopic (exact) mass is 447 g/mol. The van der Waals surface area contributed by atoms with E-state index < -0.39 is 29.4 Å². The van der Waals surface area contributed by atoms with Crippen molar-refractivity contribution >= 4 is 29.6 Å². The van der Waals surface area contributed by atoms with Gasteiger partial charge >= 0.3 is 12.1 Å². The highest BCUT2D eigenvalue weighted by Crippen LogP contribution is 2.31. The first-order valence-electron chi connectivity index (χ1n) is 9.91. The summed E-state index contributed by atoms with van der Waals surface area (Å²) in [6, 6.07) is 10.7. The second-order valence-electron chi connectivity index (χ2n) is 7.40. The Balaban J connectivity index is 1.33. The lowest BCUT2D eigenvalue weighted by Crippen LogP contribution is -2.73. The van der Waals surface area contributed by atoms with Gasteiger partial charge in [-0.05, 0) is 29.8 Å². The summed E-state index contributed by atoms with van der Waals surface area (Å²) in [5, 5.41) is 10.7. The minimum atomic E-state index is -1.93. The SMILES string of the molecule is O=C1NC(=O)C2(CNC(=O)N2c2ccc(Oc3ccc(Cn4cccn4)cc3)nc2)C(=O)N1. The summed E-state index contributed by atoms with van der Waals surface area (Å²) in [7, 11) is 0. The van der Waals surface area contributed by atoms with Crippen LogP contribution in [0.25, 0.3) is 0 Å². The quantitative estimate of drug-likeness (QED) is 0.489. The second kappa shape index (κ2) is 7.75. The van der Waals surface area contributed by atoms with Gasteiger partial charge < -0.3 is 10.1 Å². The van der Waals surface area contributed by atoms with Gasteiger partial charge in [0.1, 0.15) is 5.75 Å². The molecule has 2 aromatic heterocycles. The minimum Gasteiger partial charge on any atom is -0.439 e. The van der Waals surface area contributed by atoms with E-state index in [0.29, 0.717) is 12.3 Å². The van der Waals surface area contributed by atoms with E-state index in [1.165, 1.54) is 18.3 Å². The predicted molar refractivity (Wildman–Crippen MR) is 112 cm³/mol.